The molecule has 0 saturated carbocycles. The van der Waals surface area contributed by atoms with Crippen molar-refractivity contribution in [2.45, 2.75) is 26.1 Å². The van der Waals surface area contributed by atoms with E-state index in [-0.39, 0.29) is 24.4 Å². The Hall–Kier alpha value is -3.12. The number of piperazine rings is 2. The molecule has 1 aromatic heterocycles. The van der Waals surface area contributed by atoms with E-state index < -0.39 is 0 Å². The first-order valence-corrected chi connectivity index (χ1v) is 10.5. The number of hydrogen-bond donors (Lipinski definition) is 1. The summed E-state index contributed by atoms with van der Waals surface area (Å²) in [6.45, 7) is 5.90. The van der Waals surface area contributed by atoms with Gasteiger partial charge in [-0.2, -0.15) is 0 Å². The zero-order valence-electron chi connectivity index (χ0n) is 17.2. The monoisotopic (exact) mass is 402 g/mol. The third kappa shape index (κ3) is 3.27. The Morgan fingerprint density at radius 3 is 2.57 bits per heavy atom. The van der Waals surface area contributed by atoms with E-state index in [4.69, 9.17) is 0 Å². The third-order valence-electron chi connectivity index (χ3n) is 6.43. The van der Waals surface area contributed by atoms with Crippen molar-refractivity contribution < 1.29 is 9.59 Å². The van der Waals surface area contributed by atoms with Crippen LogP contribution in [0.25, 0.3) is 10.9 Å². The van der Waals surface area contributed by atoms with Crippen LogP contribution in [0.4, 0.5) is 0 Å². The molecule has 6 nitrogen and oxygen atoms in total. The zero-order chi connectivity index (χ0) is 20.7. The van der Waals surface area contributed by atoms with Gasteiger partial charge in [-0.3, -0.25) is 14.5 Å². The highest BCUT2D eigenvalue weighted by atomic mass is 16.2. The molecule has 3 aromatic rings. The van der Waals surface area contributed by atoms with E-state index in [0.717, 1.165) is 19.6 Å². The molecule has 2 saturated heterocycles. The molecule has 154 valence electrons. The summed E-state index contributed by atoms with van der Waals surface area (Å²) in [5, 5.41) is 3.99. The van der Waals surface area contributed by atoms with Crippen molar-refractivity contribution >= 4 is 22.7 Å². The van der Waals surface area contributed by atoms with Crippen molar-refractivity contribution in [1.82, 2.24) is 19.7 Å². The number of aromatic nitrogens is 1. The molecule has 2 aliphatic heterocycles. The molecular weight excluding hydrogens is 376 g/mol. The van der Waals surface area contributed by atoms with Crippen LogP contribution >= 0.6 is 0 Å². The number of benzene rings is 2. The summed E-state index contributed by atoms with van der Waals surface area (Å²) in [7, 11) is 0. The van der Waals surface area contributed by atoms with Gasteiger partial charge in [-0.15, -0.1) is 0 Å². The van der Waals surface area contributed by atoms with Gasteiger partial charge in [0.15, 0.2) is 0 Å². The summed E-state index contributed by atoms with van der Waals surface area (Å²) in [6.07, 6.45) is 0. The molecule has 0 aliphatic carbocycles. The Morgan fingerprint density at radius 2 is 1.73 bits per heavy atom. The number of hydrogen-bond acceptors (Lipinski definition) is 3. The van der Waals surface area contributed by atoms with Gasteiger partial charge in [0.1, 0.15) is 6.04 Å². The summed E-state index contributed by atoms with van der Waals surface area (Å²) >= 11 is 0. The van der Waals surface area contributed by atoms with Gasteiger partial charge >= 0.3 is 0 Å². The van der Waals surface area contributed by atoms with Gasteiger partial charge in [0.05, 0.1) is 6.54 Å². The van der Waals surface area contributed by atoms with Crippen molar-refractivity contribution in [3.63, 3.8) is 0 Å². The fraction of sp³-hybridized carbons (Fsp3) is 0.333. The molecular formula is C24H26N4O2. The van der Waals surface area contributed by atoms with E-state index in [2.05, 4.69) is 70.2 Å². The topological polar surface area (TPSA) is 57.6 Å². The minimum atomic E-state index is -0.377. The second-order valence-corrected chi connectivity index (χ2v) is 8.21. The van der Waals surface area contributed by atoms with Crippen LogP contribution in [0.15, 0.2) is 54.6 Å². The highest BCUT2D eigenvalue weighted by molar-refractivity contribution is 5.95. The molecule has 0 radical (unpaired) electrons. The fourth-order valence-electron chi connectivity index (χ4n) is 4.78. The van der Waals surface area contributed by atoms with Crippen LogP contribution in [0.2, 0.25) is 0 Å². The van der Waals surface area contributed by atoms with E-state index in [9.17, 15) is 9.59 Å². The van der Waals surface area contributed by atoms with Gasteiger partial charge in [0.25, 0.3) is 0 Å². The van der Waals surface area contributed by atoms with Crippen molar-refractivity contribution in [3.05, 3.63) is 71.4 Å². The van der Waals surface area contributed by atoms with Gasteiger partial charge in [0, 0.05) is 49.3 Å². The van der Waals surface area contributed by atoms with Crippen molar-refractivity contribution in [2.24, 2.45) is 0 Å². The summed E-state index contributed by atoms with van der Waals surface area (Å²) in [5.74, 6) is -0.0163. The molecule has 1 atom stereocenters. The van der Waals surface area contributed by atoms with E-state index in [1.165, 1.54) is 27.7 Å². The maximum Gasteiger partial charge on any atom is 0.244 e. The molecule has 6 heteroatoms. The molecule has 3 heterocycles. The fourth-order valence-corrected chi connectivity index (χ4v) is 4.78. The Balaban J connectivity index is 1.44. The first kappa shape index (κ1) is 18.9. The Morgan fingerprint density at radius 1 is 0.967 bits per heavy atom. The van der Waals surface area contributed by atoms with Gasteiger partial charge in [-0.1, -0.05) is 48.5 Å². The highest BCUT2D eigenvalue weighted by Gasteiger charge is 2.38. The predicted molar refractivity (Wildman–Crippen MR) is 116 cm³/mol. The van der Waals surface area contributed by atoms with Gasteiger partial charge in [0.2, 0.25) is 11.8 Å². The minimum Gasteiger partial charge on any atom is -0.345 e. The lowest BCUT2D eigenvalue weighted by Crippen LogP contribution is -2.65. The Labute approximate surface area is 176 Å². The maximum atomic E-state index is 12.3. The Bertz CT molecular complexity index is 1110. The number of fused-ring (bicyclic) bond motifs is 2. The molecule has 30 heavy (non-hydrogen) atoms. The van der Waals surface area contributed by atoms with Gasteiger partial charge in [-0.25, -0.2) is 0 Å². The summed E-state index contributed by atoms with van der Waals surface area (Å²) in [6, 6.07) is 18.7. The zero-order valence-corrected chi connectivity index (χ0v) is 17.2. The standard InChI is InChI=1S/C24H26N4O2/c1-17-20(15-26-11-12-27-22(16-26)24(30)25-13-23(27)29)19-9-5-6-10-21(19)28(17)14-18-7-3-2-4-8-18/h2-10,22H,11-16H2,1H3,(H,25,30). The van der Waals surface area contributed by atoms with Crippen molar-refractivity contribution in [3.8, 4) is 0 Å². The summed E-state index contributed by atoms with van der Waals surface area (Å²) in [4.78, 5) is 28.5. The highest BCUT2D eigenvalue weighted by Crippen LogP contribution is 2.29. The molecule has 5 rings (SSSR count). The average Bonchev–Trinajstić information content (AvgIpc) is 3.03. The molecule has 2 amide bonds. The van der Waals surface area contributed by atoms with Crippen LogP contribution in [-0.2, 0) is 22.7 Å². The first-order chi connectivity index (χ1) is 14.6. The molecule has 1 unspecified atom stereocenters. The van der Waals surface area contributed by atoms with E-state index in [1.54, 1.807) is 4.90 Å². The van der Waals surface area contributed by atoms with Crippen molar-refractivity contribution in [2.75, 3.05) is 26.2 Å². The lowest BCUT2D eigenvalue weighted by atomic mass is 10.1. The van der Waals surface area contributed by atoms with E-state index in [0.29, 0.717) is 13.1 Å². The Kier molecular flexibility index (Phi) is 4.79. The van der Waals surface area contributed by atoms with E-state index in [1.807, 2.05) is 6.07 Å². The van der Waals surface area contributed by atoms with Crippen molar-refractivity contribution in [1.29, 1.82) is 0 Å². The van der Waals surface area contributed by atoms with Crippen LogP contribution in [0.1, 0.15) is 16.8 Å². The summed E-state index contributed by atoms with van der Waals surface area (Å²) < 4.78 is 2.38. The van der Waals surface area contributed by atoms with E-state index >= 15 is 0 Å². The summed E-state index contributed by atoms with van der Waals surface area (Å²) in [5.41, 5.74) is 5.07. The maximum absolute atomic E-state index is 12.3. The number of carbonyl (C=O) groups excluding carboxylic acids is 2. The second-order valence-electron chi connectivity index (χ2n) is 8.21. The van der Waals surface area contributed by atoms with Crippen LogP contribution in [0, 0.1) is 6.92 Å². The van der Waals surface area contributed by atoms with Crippen LogP contribution < -0.4 is 5.32 Å². The first-order valence-electron chi connectivity index (χ1n) is 10.5. The van der Waals surface area contributed by atoms with Crippen LogP contribution in [0.5, 0.6) is 0 Å². The molecule has 0 spiro atoms. The number of carbonyl (C=O) groups is 2. The molecule has 1 N–H and O–H groups in total. The number of amides is 2. The average molecular weight is 402 g/mol. The molecule has 2 aliphatic rings. The quantitative estimate of drug-likeness (QED) is 0.728. The van der Waals surface area contributed by atoms with Gasteiger partial charge < -0.3 is 14.8 Å². The van der Waals surface area contributed by atoms with Gasteiger partial charge in [-0.05, 0) is 24.1 Å². The number of nitrogens with one attached hydrogen (secondary N) is 1. The SMILES string of the molecule is Cc1c(CN2CCN3C(=O)CNC(=O)C3C2)c2ccccc2n1Cc1ccccc1. The molecule has 2 fully saturated rings. The third-order valence-corrected chi connectivity index (χ3v) is 6.43. The number of nitrogens with zero attached hydrogens (tertiary/aromatic N) is 3. The normalized spacial score (nSPS) is 19.8. The molecule has 0 bridgehead atoms. The smallest absolute Gasteiger partial charge is 0.244 e. The lowest BCUT2D eigenvalue weighted by Gasteiger charge is -2.43. The lowest BCUT2D eigenvalue weighted by molar-refractivity contribution is -0.149. The van der Waals surface area contributed by atoms with Crippen LogP contribution in [-0.4, -0.2) is 58.4 Å². The predicted octanol–water partition coefficient (Wildman–Crippen LogP) is 2.14. The number of rotatable bonds is 4. The minimum absolute atomic E-state index is 0.0231. The van der Waals surface area contributed by atoms with Crippen LogP contribution in [0.3, 0.4) is 0 Å². The largest absolute Gasteiger partial charge is 0.345 e. The number of para-hydroxylation sites is 1. The molecule has 2 aromatic carbocycles. The second kappa shape index (κ2) is 7.61.